The highest BCUT2D eigenvalue weighted by molar-refractivity contribution is 5.78. The van der Waals surface area contributed by atoms with Crippen molar-refractivity contribution in [2.24, 2.45) is 17.3 Å². The molecule has 0 spiro atoms. The van der Waals surface area contributed by atoms with Crippen molar-refractivity contribution < 1.29 is 9.53 Å². The van der Waals surface area contributed by atoms with E-state index >= 15 is 0 Å². The Morgan fingerprint density at radius 2 is 2.14 bits per heavy atom. The molecule has 2 atom stereocenters. The van der Waals surface area contributed by atoms with Gasteiger partial charge in [0.1, 0.15) is 0 Å². The molecule has 14 heavy (non-hydrogen) atoms. The van der Waals surface area contributed by atoms with Crippen LogP contribution >= 0.6 is 0 Å². The molecule has 0 aromatic heterocycles. The van der Waals surface area contributed by atoms with Crippen molar-refractivity contribution in [1.29, 1.82) is 0 Å². The molecule has 0 amide bonds. The summed E-state index contributed by atoms with van der Waals surface area (Å²) < 4.78 is 4.81. The van der Waals surface area contributed by atoms with E-state index in [1.165, 1.54) is 31.9 Å². The third kappa shape index (κ3) is 1.37. The van der Waals surface area contributed by atoms with Gasteiger partial charge >= 0.3 is 5.97 Å². The number of esters is 1. The Balaban J connectivity index is 2.04. The Bertz CT molecular complexity index is 283. The molecule has 0 saturated heterocycles. The quantitative estimate of drug-likeness (QED) is 0.499. The van der Waals surface area contributed by atoms with Gasteiger partial charge in [-0.15, -0.1) is 0 Å². The van der Waals surface area contributed by atoms with Crippen LogP contribution in [0.2, 0.25) is 0 Å². The van der Waals surface area contributed by atoms with Gasteiger partial charge in [-0.05, 0) is 30.6 Å². The topological polar surface area (TPSA) is 26.3 Å². The largest absolute Gasteiger partial charge is 0.469 e. The molecule has 2 aliphatic rings. The summed E-state index contributed by atoms with van der Waals surface area (Å²) in [5.74, 6) is 0.474. The third-order valence-electron chi connectivity index (χ3n) is 3.78. The van der Waals surface area contributed by atoms with Crippen LogP contribution in [0.15, 0.2) is 11.6 Å². The Morgan fingerprint density at radius 3 is 2.57 bits per heavy atom. The summed E-state index contributed by atoms with van der Waals surface area (Å²) in [6, 6.07) is 0. The Kier molecular flexibility index (Phi) is 2.17. The van der Waals surface area contributed by atoms with E-state index in [2.05, 4.69) is 19.9 Å². The Morgan fingerprint density at radius 1 is 1.50 bits per heavy atom. The summed E-state index contributed by atoms with van der Waals surface area (Å²) >= 11 is 0. The van der Waals surface area contributed by atoms with Crippen LogP contribution in [-0.2, 0) is 9.53 Å². The lowest BCUT2D eigenvalue weighted by Gasteiger charge is -2.16. The van der Waals surface area contributed by atoms with Gasteiger partial charge in [0.05, 0.1) is 13.0 Å². The second kappa shape index (κ2) is 3.11. The molecule has 2 nitrogen and oxygen atoms in total. The summed E-state index contributed by atoms with van der Waals surface area (Å²) in [6.45, 7) is 4.30. The number of hydrogen-bond donors (Lipinski definition) is 0. The fourth-order valence-electron chi connectivity index (χ4n) is 2.37. The second-order valence-electron chi connectivity index (χ2n) is 5.03. The van der Waals surface area contributed by atoms with Gasteiger partial charge < -0.3 is 4.74 Å². The molecule has 2 heteroatoms. The van der Waals surface area contributed by atoms with Crippen molar-refractivity contribution >= 4 is 5.97 Å². The highest BCUT2D eigenvalue weighted by atomic mass is 16.5. The zero-order valence-electron chi connectivity index (χ0n) is 9.17. The maximum atomic E-state index is 11.4. The van der Waals surface area contributed by atoms with Gasteiger partial charge in [0, 0.05) is 0 Å². The lowest BCUT2D eigenvalue weighted by atomic mass is 9.90. The Labute approximate surface area is 85.3 Å². The summed E-state index contributed by atoms with van der Waals surface area (Å²) in [5.41, 5.74) is 1.66. The normalized spacial score (nSPS) is 33.2. The lowest BCUT2D eigenvalue weighted by molar-refractivity contribution is -0.143. The minimum Gasteiger partial charge on any atom is -0.469 e. The monoisotopic (exact) mass is 194 g/mol. The molecule has 2 saturated carbocycles. The first kappa shape index (κ1) is 9.75. The number of methoxy groups -OCH3 is 1. The highest BCUT2D eigenvalue weighted by Gasteiger charge is 2.61. The van der Waals surface area contributed by atoms with E-state index in [0.29, 0.717) is 5.92 Å². The van der Waals surface area contributed by atoms with E-state index in [4.69, 9.17) is 4.74 Å². The Hall–Kier alpha value is -0.790. The van der Waals surface area contributed by atoms with Crippen LogP contribution in [0.5, 0.6) is 0 Å². The molecule has 78 valence electrons. The van der Waals surface area contributed by atoms with Gasteiger partial charge in [0.2, 0.25) is 0 Å². The van der Waals surface area contributed by atoms with E-state index in [0.717, 1.165) is 0 Å². The molecule has 2 fully saturated rings. The highest BCUT2D eigenvalue weighted by Crippen LogP contribution is 2.60. The summed E-state index contributed by atoms with van der Waals surface area (Å²) in [5, 5.41) is 0. The van der Waals surface area contributed by atoms with Crippen LogP contribution in [0.4, 0.5) is 0 Å². The number of hydrogen-bond acceptors (Lipinski definition) is 2. The van der Waals surface area contributed by atoms with Crippen molar-refractivity contribution in [3.63, 3.8) is 0 Å². The maximum absolute atomic E-state index is 11.4. The van der Waals surface area contributed by atoms with Gasteiger partial charge in [-0.3, -0.25) is 4.79 Å². The smallest absolute Gasteiger partial charge is 0.309 e. The zero-order valence-corrected chi connectivity index (χ0v) is 9.17. The molecule has 0 aromatic carbocycles. The van der Waals surface area contributed by atoms with E-state index in [9.17, 15) is 4.79 Å². The van der Waals surface area contributed by atoms with Crippen LogP contribution in [0.25, 0.3) is 0 Å². The van der Waals surface area contributed by atoms with Gasteiger partial charge in [-0.2, -0.15) is 0 Å². The van der Waals surface area contributed by atoms with Gasteiger partial charge in [-0.25, -0.2) is 0 Å². The summed E-state index contributed by atoms with van der Waals surface area (Å²) in [4.78, 5) is 11.4. The first-order chi connectivity index (χ1) is 6.57. The summed E-state index contributed by atoms with van der Waals surface area (Å²) in [6.07, 6.45) is 6.11. The van der Waals surface area contributed by atoms with Crippen LogP contribution in [0.1, 0.15) is 33.1 Å². The fraction of sp³-hybridized carbons (Fsp3) is 0.750. The number of allylic oxidation sites excluding steroid dienone is 2. The molecular weight excluding hydrogens is 176 g/mol. The average molecular weight is 194 g/mol. The molecule has 0 aromatic rings. The number of rotatable bonds is 2. The van der Waals surface area contributed by atoms with Crippen LogP contribution in [-0.4, -0.2) is 13.1 Å². The summed E-state index contributed by atoms with van der Waals surface area (Å²) in [7, 11) is 1.48. The molecule has 0 heterocycles. The number of ether oxygens (including phenoxy) is 1. The van der Waals surface area contributed by atoms with Gasteiger partial charge in [0.15, 0.2) is 0 Å². The molecular formula is C12H18O2. The predicted molar refractivity (Wildman–Crippen MR) is 54.7 cm³/mol. The van der Waals surface area contributed by atoms with E-state index in [-0.39, 0.29) is 17.3 Å². The molecule has 0 bridgehead atoms. The van der Waals surface area contributed by atoms with Crippen LogP contribution in [0, 0.1) is 17.3 Å². The van der Waals surface area contributed by atoms with Gasteiger partial charge in [0.25, 0.3) is 0 Å². The lowest BCUT2D eigenvalue weighted by Crippen LogP contribution is -2.07. The minimum atomic E-state index is -0.0452. The number of carbonyl (C=O) groups excluding carboxylic acids is 1. The van der Waals surface area contributed by atoms with Crippen molar-refractivity contribution in [3.05, 3.63) is 11.6 Å². The van der Waals surface area contributed by atoms with Crippen LogP contribution in [0.3, 0.4) is 0 Å². The minimum absolute atomic E-state index is 0.0452. The van der Waals surface area contributed by atoms with E-state index in [1.54, 1.807) is 0 Å². The fourth-order valence-corrected chi connectivity index (χ4v) is 2.37. The van der Waals surface area contributed by atoms with E-state index < -0.39 is 0 Å². The zero-order chi connectivity index (χ0) is 10.3. The van der Waals surface area contributed by atoms with Crippen molar-refractivity contribution in [2.75, 3.05) is 7.11 Å². The average Bonchev–Trinajstić information content (AvgIpc) is 2.59. The first-order valence-electron chi connectivity index (χ1n) is 5.34. The maximum Gasteiger partial charge on any atom is 0.309 e. The molecule has 0 unspecified atom stereocenters. The van der Waals surface area contributed by atoms with Crippen LogP contribution < -0.4 is 0 Å². The first-order valence-corrected chi connectivity index (χ1v) is 5.34. The molecule has 0 N–H and O–H groups in total. The number of carbonyl (C=O) groups is 1. The van der Waals surface area contributed by atoms with Crippen molar-refractivity contribution in [1.82, 2.24) is 0 Å². The predicted octanol–water partition coefficient (Wildman–Crippen LogP) is 2.54. The standard InChI is InChI=1S/C12H18O2/c1-12(2)9(7-8-5-4-6-8)10(12)11(13)14-3/h7,9-10H,4-6H2,1-3H3/t9-,10+/m1/s1. The SMILES string of the molecule is COC(=O)[C@@H]1[C@@H](C=C2CCC2)C1(C)C. The molecule has 2 aliphatic carbocycles. The molecule has 2 rings (SSSR count). The van der Waals surface area contributed by atoms with Crippen molar-refractivity contribution in [2.45, 2.75) is 33.1 Å². The third-order valence-corrected chi connectivity index (χ3v) is 3.78. The van der Waals surface area contributed by atoms with Gasteiger partial charge in [-0.1, -0.05) is 25.5 Å². The van der Waals surface area contributed by atoms with Crippen molar-refractivity contribution in [3.8, 4) is 0 Å². The molecule has 0 aliphatic heterocycles. The van der Waals surface area contributed by atoms with E-state index in [1.807, 2.05) is 0 Å². The second-order valence-corrected chi connectivity index (χ2v) is 5.03. The molecule has 0 radical (unpaired) electrons.